The molecule has 0 amide bonds. The second-order valence-corrected chi connectivity index (χ2v) is 3.79. The van der Waals surface area contributed by atoms with Gasteiger partial charge in [0.1, 0.15) is 6.54 Å². The number of hydrogen-bond donors (Lipinski definition) is 1. The lowest BCUT2D eigenvalue weighted by Crippen LogP contribution is -2.15. The van der Waals surface area contributed by atoms with E-state index >= 15 is 0 Å². The summed E-state index contributed by atoms with van der Waals surface area (Å²) >= 11 is 0. The van der Waals surface area contributed by atoms with Gasteiger partial charge in [-0.25, -0.2) is 4.68 Å². The SMILES string of the molecule is COCCOCCCOC(=O)Cn1cc(CN)nn1. The normalized spacial score (nSPS) is 10.6. The zero-order chi connectivity index (χ0) is 13.9. The van der Waals surface area contributed by atoms with E-state index in [0.717, 1.165) is 0 Å². The summed E-state index contributed by atoms with van der Waals surface area (Å²) in [5.74, 6) is -0.356. The molecule has 0 aliphatic heterocycles. The van der Waals surface area contributed by atoms with E-state index in [9.17, 15) is 4.79 Å². The second-order valence-electron chi connectivity index (χ2n) is 3.79. The largest absolute Gasteiger partial charge is 0.464 e. The van der Waals surface area contributed by atoms with Crippen LogP contribution in [-0.4, -0.2) is 54.5 Å². The lowest BCUT2D eigenvalue weighted by molar-refractivity contribution is -0.145. The molecular formula is C11H20N4O4. The molecule has 0 unspecified atom stereocenters. The van der Waals surface area contributed by atoms with Crippen LogP contribution in [0.25, 0.3) is 0 Å². The molecule has 8 nitrogen and oxygen atoms in total. The molecule has 19 heavy (non-hydrogen) atoms. The first-order valence-corrected chi connectivity index (χ1v) is 6.07. The Labute approximate surface area is 111 Å². The van der Waals surface area contributed by atoms with Gasteiger partial charge >= 0.3 is 5.97 Å². The highest BCUT2D eigenvalue weighted by molar-refractivity contribution is 5.68. The Kier molecular flexibility index (Phi) is 7.71. The van der Waals surface area contributed by atoms with Crippen molar-refractivity contribution in [2.24, 2.45) is 5.73 Å². The van der Waals surface area contributed by atoms with Gasteiger partial charge < -0.3 is 19.9 Å². The van der Waals surface area contributed by atoms with Crippen molar-refractivity contribution in [1.82, 2.24) is 15.0 Å². The Morgan fingerprint density at radius 3 is 2.89 bits per heavy atom. The molecule has 0 atom stereocenters. The molecule has 0 saturated heterocycles. The molecule has 0 aromatic carbocycles. The topological polar surface area (TPSA) is 101 Å². The van der Waals surface area contributed by atoms with Crippen molar-refractivity contribution in [3.8, 4) is 0 Å². The summed E-state index contributed by atoms with van der Waals surface area (Å²) in [4.78, 5) is 11.4. The van der Waals surface area contributed by atoms with Crippen molar-refractivity contribution in [2.45, 2.75) is 19.5 Å². The minimum Gasteiger partial charge on any atom is -0.464 e. The van der Waals surface area contributed by atoms with Crippen molar-refractivity contribution < 1.29 is 19.0 Å². The Morgan fingerprint density at radius 1 is 1.37 bits per heavy atom. The summed E-state index contributed by atoms with van der Waals surface area (Å²) in [6, 6.07) is 0. The highest BCUT2D eigenvalue weighted by Gasteiger charge is 2.06. The molecule has 0 saturated carbocycles. The van der Waals surface area contributed by atoms with Crippen LogP contribution in [0.1, 0.15) is 12.1 Å². The lowest BCUT2D eigenvalue weighted by Gasteiger charge is -2.05. The summed E-state index contributed by atoms with van der Waals surface area (Å²) in [5, 5.41) is 7.53. The van der Waals surface area contributed by atoms with Gasteiger partial charge in [0, 0.05) is 26.7 Å². The van der Waals surface area contributed by atoms with Crippen LogP contribution < -0.4 is 5.73 Å². The van der Waals surface area contributed by atoms with E-state index in [4.69, 9.17) is 19.9 Å². The molecule has 1 aromatic rings. The summed E-state index contributed by atoms with van der Waals surface area (Å²) in [6.07, 6.45) is 2.27. The molecule has 1 rings (SSSR count). The third kappa shape index (κ3) is 6.85. The van der Waals surface area contributed by atoms with Gasteiger partial charge in [-0.2, -0.15) is 0 Å². The molecule has 108 valence electrons. The number of esters is 1. The lowest BCUT2D eigenvalue weighted by atomic mass is 10.5. The van der Waals surface area contributed by atoms with Crippen molar-refractivity contribution in [3.63, 3.8) is 0 Å². The number of nitrogens with zero attached hydrogens (tertiary/aromatic N) is 3. The van der Waals surface area contributed by atoms with Gasteiger partial charge in [0.2, 0.25) is 0 Å². The van der Waals surface area contributed by atoms with Crippen LogP contribution in [0, 0.1) is 0 Å². The number of carbonyl (C=O) groups is 1. The van der Waals surface area contributed by atoms with Crippen molar-refractivity contribution in [1.29, 1.82) is 0 Å². The Bertz CT molecular complexity index is 369. The summed E-state index contributed by atoms with van der Waals surface area (Å²) in [5.41, 5.74) is 6.03. The monoisotopic (exact) mass is 272 g/mol. The van der Waals surface area contributed by atoms with E-state index in [1.807, 2.05) is 0 Å². The zero-order valence-electron chi connectivity index (χ0n) is 11.1. The third-order valence-electron chi connectivity index (χ3n) is 2.21. The van der Waals surface area contributed by atoms with E-state index in [0.29, 0.717) is 45.1 Å². The number of aromatic nitrogens is 3. The molecule has 0 aliphatic rings. The van der Waals surface area contributed by atoms with Crippen molar-refractivity contribution in [3.05, 3.63) is 11.9 Å². The van der Waals surface area contributed by atoms with Crippen LogP contribution in [0.2, 0.25) is 0 Å². The summed E-state index contributed by atoms with van der Waals surface area (Å²) < 4.78 is 16.5. The van der Waals surface area contributed by atoms with Gasteiger partial charge in [-0.1, -0.05) is 5.21 Å². The Morgan fingerprint density at radius 2 is 2.21 bits per heavy atom. The molecule has 1 heterocycles. The van der Waals surface area contributed by atoms with Gasteiger partial charge in [-0.3, -0.25) is 4.79 Å². The van der Waals surface area contributed by atoms with Crippen molar-refractivity contribution >= 4 is 5.97 Å². The first-order chi connectivity index (χ1) is 9.26. The quantitative estimate of drug-likeness (QED) is 0.445. The van der Waals surface area contributed by atoms with Crippen molar-refractivity contribution in [2.75, 3.05) is 33.5 Å². The number of hydrogen-bond acceptors (Lipinski definition) is 7. The molecule has 8 heteroatoms. The fourth-order valence-corrected chi connectivity index (χ4v) is 1.28. The first-order valence-electron chi connectivity index (χ1n) is 6.07. The molecule has 2 N–H and O–H groups in total. The maximum absolute atomic E-state index is 11.4. The second kappa shape index (κ2) is 9.42. The van der Waals surface area contributed by atoms with Gasteiger partial charge in [0.25, 0.3) is 0 Å². The smallest absolute Gasteiger partial charge is 0.327 e. The number of nitrogens with two attached hydrogens (primary N) is 1. The maximum atomic E-state index is 11.4. The van der Waals surface area contributed by atoms with Gasteiger partial charge in [0.15, 0.2) is 0 Å². The first kappa shape index (κ1) is 15.5. The standard InChI is InChI=1S/C11H20N4O4/c1-17-5-6-18-3-2-4-19-11(16)9-15-8-10(7-12)13-14-15/h8H,2-7,9,12H2,1H3. The van der Waals surface area contributed by atoms with Crippen LogP contribution in [0.15, 0.2) is 6.20 Å². The zero-order valence-corrected chi connectivity index (χ0v) is 11.1. The molecule has 0 spiro atoms. The van der Waals surface area contributed by atoms with Gasteiger partial charge in [0.05, 0.1) is 31.7 Å². The number of methoxy groups -OCH3 is 1. The molecule has 0 bridgehead atoms. The van der Waals surface area contributed by atoms with Gasteiger partial charge in [-0.15, -0.1) is 5.10 Å². The fraction of sp³-hybridized carbons (Fsp3) is 0.727. The third-order valence-corrected chi connectivity index (χ3v) is 2.21. The Balaban J connectivity index is 2.04. The Hall–Kier alpha value is -1.51. The molecule has 0 radical (unpaired) electrons. The van der Waals surface area contributed by atoms with Crippen LogP contribution >= 0.6 is 0 Å². The summed E-state index contributed by atoms with van der Waals surface area (Å²) in [7, 11) is 1.62. The average molecular weight is 272 g/mol. The number of ether oxygens (including phenoxy) is 3. The van der Waals surface area contributed by atoms with E-state index in [2.05, 4.69) is 10.3 Å². The highest BCUT2D eigenvalue weighted by atomic mass is 16.5. The average Bonchev–Trinajstić information content (AvgIpc) is 2.85. The van der Waals surface area contributed by atoms with E-state index < -0.39 is 0 Å². The maximum Gasteiger partial charge on any atom is 0.327 e. The molecule has 0 aliphatic carbocycles. The fourth-order valence-electron chi connectivity index (χ4n) is 1.28. The summed E-state index contributed by atoms with van der Waals surface area (Å²) in [6.45, 7) is 2.31. The molecular weight excluding hydrogens is 252 g/mol. The van der Waals surface area contributed by atoms with Crippen LogP contribution in [0.3, 0.4) is 0 Å². The minimum absolute atomic E-state index is 0.0392. The predicted octanol–water partition coefficient (Wildman–Crippen LogP) is -0.667. The number of rotatable bonds is 10. The van der Waals surface area contributed by atoms with E-state index in [1.54, 1.807) is 13.3 Å². The highest BCUT2D eigenvalue weighted by Crippen LogP contribution is 1.93. The minimum atomic E-state index is -0.356. The molecule has 0 fully saturated rings. The van der Waals surface area contributed by atoms with Crippen LogP contribution in [0.5, 0.6) is 0 Å². The van der Waals surface area contributed by atoms with Crippen LogP contribution in [0.4, 0.5) is 0 Å². The van der Waals surface area contributed by atoms with E-state index in [1.165, 1.54) is 4.68 Å². The predicted molar refractivity (Wildman–Crippen MR) is 66.2 cm³/mol. The number of carbonyl (C=O) groups excluding carboxylic acids is 1. The molecule has 1 aromatic heterocycles. The van der Waals surface area contributed by atoms with Crippen LogP contribution in [-0.2, 0) is 32.1 Å². The van der Waals surface area contributed by atoms with Gasteiger partial charge in [-0.05, 0) is 0 Å². The van der Waals surface area contributed by atoms with E-state index in [-0.39, 0.29) is 12.5 Å².